The largest absolute Gasteiger partial charge is 0.396 e. The van der Waals surface area contributed by atoms with Gasteiger partial charge in [-0.1, -0.05) is 0 Å². The second-order valence-electron chi connectivity index (χ2n) is 3.29. The monoisotopic (exact) mass is 187 g/mol. The van der Waals surface area contributed by atoms with E-state index < -0.39 is 0 Å². The van der Waals surface area contributed by atoms with Gasteiger partial charge in [0.25, 0.3) is 0 Å². The van der Waals surface area contributed by atoms with Crippen molar-refractivity contribution in [2.45, 2.75) is 25.4 Å². The van der Waals surface area contributed by atoms with E-state index in [1.807, 2.05) is 0 Å². The summed E-state index contributed by atoms with van der Waals surface area (Å²) in [4.78, 5) is 13.1. The van der Waals surface area contributed by atoms with Gasteiger partial charge < -0.3 is 14.7 Å². The molecule has 1 rings (SSSR count). The van der Waals surface area contributed by atoms with Crippen LogP contribution in [0.5, 0.6) is 0 Å². The van der Waals surface area contributed by atoms with E-state index in [0.717, 1.165) is 25.9 Å². The normalized spacial score (nSPS) is 19.1. The highest BCUT2D eigenvalue weighted by Gasteiger charge is 2.21. The topological polar surface area (TPSA) is 49.8 Å². The third-order valence-electron chi connectivity index (χ3n) is 2.45. The van der Waals surface area contributed by atoms with Crippen molar-refractivity contribution in [3.05, 3.63) is 0 Å². The molecule has 4 nitrogen and oxygen atoms in total. The lowest BCUT2D eigenvalue weighted by molar-refractivity contribution is -0.134. The molecule has 0 bridgehead atoms. The van der Waals surface area contributed by atoms with E-state index in [1.165, 1.54) is 0 Å². The number of amides is 1. The highest BCUT2D eigenvalue weighted by atomic mass is 16.5. The van der Waals surface area contributed by atoms with Gasteiger partial charge in [-0.05, 0) is 12.8 Å². The lowest BCUT2D eigenvalue weighted by atomic mass is 10.1. The fourth-order valence-corrected chi connectivity index (χ4v) is 1.59. The number of likely N-dealkylation sites (tertiary alicyclic amines) is 1. The van der Waals surface area contributed by atoms with Gasteiger partial charge in [0.15, 0.2) is 0 Å². The van der Waals surface area contributed by atoms with E-state index in [1.54, 1.807) is 12.0 Å². The van der Waals surface area contributed by atoms with Crippen LogP contribution in [0, 0.1) is 0 Å². The summed E-state index contributed by atoms with van der Waals surface area (Å²) in [5, 5.41) is 8.59. The van der Waals surface area contributed by atoms with Gasteiger partial charge in [0.2, 0.25) is 5.91 Å². The predicted molar refractivity (Wildman–Crippen MR) is 48.3 cm³/mol. The molecule has 1 aliphatic heterocycles. The Hall–Kier alpha value is -0.610. The fourth-order valence-electron chi connectivity index (χ4n) is 1.59. The number of ether oxygens (including phenoxy) is 1. The third-order valence-corrected chi connectivity index (χ3v) is 2.45. The van der Waals surface area contributed by atoms with Crippen molar-refractivity contribution in [3.63, 3.8) is 0 Å². The standard InChI is InChI=1S/C9H17NO3/c1-13-8-2-5-10(6-3-8)9(12)4-7-11/h8,11H,2-7H2,1H3. The Morgan fingerprint density at radius 3 is 2.62 bits per heavy atom. The quantitative estimate of drug-likeness (QED) is 0.677. The van der Waals surface area contributed by atoms with Crippen molar-refractivity contribution in [1.29, 1.82) is 0 Å². The SMILES string of the molecule is COC1CCN(C(=O)CCO)CC1. The minimum atomic E-state index is -0.0525. The van der Waals surface area contributed by atoms with Crippen LogP contribution in [-0.2, 0) is 9.53 Å². The first-order valence-corrected chi connectivity index (χ1v) is 4.69. The summed E-state index contributed by atoms with van der Waals surface area (Å²) in [5.41, 5.74) is 0. The minimum absolute atomic E-state index is 0.0525. The van der Waals surface area contributed by atoms with Gasteiger partial charge in [0.05, 0.1) is 12.7 Å². The number of aliphatic hydroxyl groups is 1. The smallest absolute Gasteiger partial charge is 0.224 e. The van der Waals surface area contributed by atoms with Crippen molar-refractivity contribution in [2.75, 3.05) is 26.8 Å². The molecule has 0 aromatic carbocycles. The Bertz CT molecular complexity index is 164. The van der Waals surface area contributed by atoms with Crippen molar-refractivity contribution in [3.8, 4) is 0 Å². The van der Waals surface area contributed by atoms with Gasteiger partial charge in [-0.2, -0.15) is 0 Å². The molecule has 13 heavy (non-hydrogen) atoms. The Morgan fingerprint density at radius 1 is 1.54 bits per heavy atom. The van der Waals surface area contributed by atoms with Crippen LogP contribution in [0.2, 0.25) is 0 Å². The molecule has 0 aliphatic carbocycles. The Kier molecular flexibility index (Phi) is 4.18. The predicted octanol–water partition coefficient (Wildman–Crippen LogP) is 0.00620. The molecule has 0 atom stereocenters. The number of piperidine rings is 1. The minimum Gasteiger partial charge on any atom is -0.396 e. The summed E-state index contributed by atoms with van der Waals surface area (Å²) in [6.07, 6.45) is 2.37. The number of carbonyl (C=O) groups is 1. The van der Waals surface area contributed by atoms with Crippen molar-refractivity contribution in [2.24, 2.45) is 0 Å². The highest BCUT2D eigenvalue weighted by molar-refractivity contribution is 5.76. The molecule has 0 unspecified atom stereocenters. The van der Waals surface area contributed by atoms with Gasteiger partial charge in [0, 0.05) is 26.6 Å². The first-order valence-electron chi connectivity index (χ1n) is 4.69. The summed E-state index contributed by atoms with van der Waals surface area (Å²) in [6.45, 7) is 1.47. The first-order chi connectivity index (χ1) is 6.27. The van der Waals surface area contributed by atoms with Crippen molar-refractivity contribution < 1.29 is 14.6 Å². The summed E-state index contributed by atoms with van der Waals surface area (Å²) in [5.74, 6) is 0.0528. The van der Waals surface area contributed by atoms with Crippen LogP contribution in [0.3, 0.4) is 0 Å². The number of aliphatic hydroxyl groups excluding tert-OH is 1. The third kappa shape index (κ3) is 2.97. The average molecular weight is 187 g/mol. The molecule has 1 N–H and O–H groups in total. The summed E-state index contributed by atoms with van der Waals surface area (Å²) in [7, 11) is 1.70. The molecule has 76 valence electrons. The average Bonchev–Trinajstić information content (AvgIpc) is 2.18. The second-order valence-corrected chi connectivity index (χ2v) is 3.29. The number of methoxy groups -OCH3 is 1. The van der Waals surface area contributed by atoms with E-state index in [4.69, 9.17) is 9.84 Å². The van der Waals surface area contributed by atoms with E-state index >= 15 is 0 Å². The molecule has 0 saturated carbocycles. The van der Waals surface area contributed by atoms with Crippen LogP contribution in [0.15, 0.2) is 0 Å². The molecule has 1 heterocycles. The van der Waals surface area contributed by atoms with Gasteiger partial charge in [-0.25, -0.2) is 0 Å². The maximum Gasteiger partial charge on any atom is 0.224 e. The van der Waals surface area contributed by atoms with Gasteiger partial charge in [-0.3, -0.25) is 4.79 Å². The van der Waals surface area contributed by atoms with Gasteiger partial charge in [-0.15, -0.1) is 0 Å². The molecular formula is C9H17NO3. The lowest BCUT2D eigenvalue weighted by Gasteiger charge is -2.31. The molecule has 0 aromatic heterocycles. The molecule has 1 saturated heterocycles. The molecule has 4 heteroatoms. The Balaban J connectivity index is 2.28. The fraction of sp³-hybridized carbons (Fsp3) is 0.889. The highest BCUT2D eigenvalue weighted by Crippen LogP contribution is 2.13. The van der Waals surface area contributed by atoms with E-state index in [0.29, 0.717) is 6.10 Å². The molecule has 0 aromatic rings. The van der Waals surface area contributed by atoms with E-state index in [9.17, 15) is 4.79 Å². The zero-order valence-corrected chi connectivity index (χ0v) is 8.03. The summed E-state index contributed by atoms with van der Waals surface area (Å²) >= 11 is 0. The van der Waals surface area contributed by atoms with Crippen molar-refractivity contribution >= 4 is 5.91 Å². The van der Waals surface area contributed by atoms with Crippen LogP contribution < -0.4 is 0 Å². The Morgan fingerprint density at radius 2 is 2.15 bits per heavy atom. The zero-order valence-electron chi connectivity index (χ0n) is 8.03. The molecule has 1 aliphatic rings. The first kappa shape index (κ1) is 10.5. The number of rotatable bonds is 3. The molecule has 1 fully saturated rings. The summed E-state index contributed by atoms with van der Waals surface area (Å²) < 4.78 is 5.19. The maximum absolute atomic E-state index is 11.3. The zero-order chi connectivity index (χ0) is 9.68. The molecule has 1 amide bonds. The molecule has 0 radical (unpaired) electrons. The lowest BCUT2D eigenvalue weighted by Crippen LogP contribution is -2.40. The number of hydrogen-bond donors (Lipinski definition) is 1. The van der Waals surface area contributed by atoms with Crippen LogP contribution >= 0.6 is 0 Å². The van der Waals surface area contributed by atoms with Crippen molar-refractivity contribution in [1.82, 2.24) is 4.90 Å². The van der Waals surface area contributed by atoms with E-state index in [2.05, 4.69) is 0 Å². The molecular weight excluding hydrogens is 170 g/mol. The second kappa shape index (κ2) is 5.19. The van der Waals surface area contributed by atoms with Gasteiger partial charge >= 0.3 is 0 Å². The maximum atomic E-state index is 11.3. The number of hydrogen-bond acceptors (Lipinski definition) is 3. The van der Waals surface area contributed by atoms with Crippen LogP contribution in [0.4, 0.5) is 0 Å². The Labute approximate surface area is 78.5 Å². The van der Waals surface area contributed by atoms with Crippen LogP contribution in [0.1, 0.15) is 19.3 Å². The number of nitrogens with zero attached hydrogens (tertiary/aromatic N) is 1. The van der Waals surface area contributed by atoms with E-state index in [-0.39, 0.29) is 18.9 Å². The van der Waals surface area contributed by atoms with Gasteiger partial charge in [0.1, 0.15) is 0 Å². The van der Waals surface area contributed by atoms with Crippen LogP contribution in [-0.4, -0.2) is 48.8 Å². The molecule has 0 spiro atoms. The summed E-state index contributed by atoms with van der Waals surface area (Å²) in [6, 6.07) is 0. The number of carbonyl (C=O) groups excluding carboxylic acids is 1. The van der Waals surface area contributed by atoms with Crippen LogP contribution in [0.25, 0.3) is 0 Å².